The second-order valence-electron chi connectivity index (χ2n) is 3.76. The third-order valence-corrected chi connectivity index (χ3v) is 2.96. The molecule has 0 spiro atoms. The van der Waals surface area contributed by atoms with Crippen molar-refractivity contribution in [2.24, 2.45) is 0 Å². The van der Waals surface area contributed by atoms with Crippen molar-refractivity contribution in [1.29, 1.82) is 0 Å². The summed E-state index contributed by atoms with van der Waals surface area (Å²) in [5, 5.41) is 0. The lowest BCUT2D eigenvalue weighted by atomic mass is 10.1. The lowest BCUT2D eigenvalue weighted by molar-refractivity contribution is 0.468. The molecule has 1 aliphatic rings. The lowest BCUT2D eigenvalue weighted by Crippen LogP contribution is -1.87. The van der Waals surface area contributed by atoms with E-state index in [0.29, 0.717) is 0 Å². The molecule has 1 heteroatoms. The zero-order valence-electron chi connectivity index (χ0n) is 8.36. The van der Waals surface area contributed by atoms with Gasteiger partial charge in [-0.05, 0) is 22.8 Å². The van der Waals surface area contributed by atoms with Crippen LogP contribution in [-0.4, -0.2) is 0 Å². The fraction of sp³-hybridized carbons (Fsp3) is 0.0714. The molecule has 0 atom stereocenters. The Balaban J connectivity index is 2.26. The normalized spacial score (nSPS) is 12.1. The number of hydrogen-bond acceptors (Lipinski definition) is 1. The first-order chi connectivity index (χ1) is 7.40. The van der Waals surface area contributed by atoms with E-state index >= 15 is 0 Å². The van der Waals surface area contributed by atoms with Gasteiger partial charge in [0.2, 0.25) is 0 Å². The molecular formula is C14H11O. The fourth-order valence-corrected chi connectivity index (χ4v) is 2.26. The summed E-state index contributed by atoms with van der Waals surface area (Å²) in [6, 6.07) is 14.6. The van der Waals surface area contributed by atoms with Crippen molar-refractivity contribution >= 4 is 0 Å². The van der Waals surface area contributed by atoms with Crippen molar-refractivity contribution < 1.29 is 4.74 Å². The van der Waals surface area contributed by atoms with E-state index in [-0.39, 0.29) is 0 Å². The molecule has 0 unspecified atom stereocenters. The maximum Gasteiger partial charge on any atom is 0.123 e. The molecule has 0 heterocycles. The van der Waals surface area contributed by atoms with Crippen molar-refractivity contribution in [2.45, 2.75) is 6.42 Å². The van der Waals surface area contributed by atoms with Crippen LogP contribution in [0.25, 0.3) is 11.1 Å². The molecule has 0 saturated carbocycles. The monoisotopic (exact) mass is 195 g/mol. The minimum atomic E-state index is 0.892. The molecule has 0 aliphatic heterocycles. The maximum absolute atomic E-state index is 5.14. The van der Waals surface area contributed by atoms with Crippen molar-refractivity contribution in [2.75, 3.05) is 0 Å². The molecule has 0 N–H and O–H groups in total. The van der Waals surface area contributed by atoms with Crippen LogP contribution in [0.3, 0.4) is 0 Å². The molecule has 1 aliphatic carbocycles. The molecular weight excluding hydrogens is 184 g/mol. The van der Waals surface area contributed by atoms with Crippen molar-refractivity contribution in [1.82, 2.24) is 0 Å². The van der Waals surface area contributed by atoms with Crippen LogP contribution in [0.4, 0.5) is 0 Å². The number of benzene rings is 2. The zero-order valence-corrected chi connectivity index (χ0v) is 8.36. The van der Waals surface area contributed by atoms with Crippen LogP contribution in [-0.2, 0) is 6.42 Å². The highest BCUT2D eigenvalue weighted by atomic mass is 16.5. The Morgan fingerprint density at radius 3 is 2.60 bits per heavy atom. The highest BCUT2D eigenvalue weighted by Gasteiger charge is 2.20. The molecule has 0 fully saturated rings. The van der Waals surface area contributed by atoms with Crippen molar-refractivity contribution in [3.8, 4) is 16.9 Å². The highest BCUT2D eigenvalue weighted by molar-refractivity contribution is 5.78. The minimum Gasteiger partial charge on any atom is -0.490 e. The van der Waals surface area contributed by atoms with Gasteiger partial charge in [-0.15, -0.1) is 0 Å². The van der Waals surface area contributed by atoms with Crippen LogP contribution in [0.5, 0.6) is 5.75 Å². The van der Waals surface area contributed by atoms with Gasteiger partial charge in [-0.3, -0.25) is 0 Å². The van der Waals surface area contributed by atoms with Gasteiger partial charge in [-0.1, -0.05) is 36.4 Å². The predicted octanol–water partition coefficient (Wildman–Crippen LogP) is 3.43. The van der Waals surface area contributed by atoms with Gasteiger partial charge in [0.15, 0.2) is 0 Å². The number of hydrogen-bond donors (Lipinski definition) is 0. The van der Waals surface area contributed by atoms with Crippen LogP contribution >= 0.6 is 0 Å². The second-order valence-corrected chi connectivity index (χ2v) is 3.76. The SMILES string of the molecule is [CH2]Oc1cccc2c1Cc1ccccc1-2. The van der Waals surface area contributed by atoms with Crippen LogP contribution in [0.15, 0.2) is 42.5 Å². The first-order valence-electron chi connectivity index (χ1n) is 5.02. The Hall–Kier alpha value is -1.76. The zero-order chi connectivity index (χ0) is 10.3. The van der Waals surface area contributed by atoms with Crippen LogP contribution in [0.2, 0.25) is 0 Å². The predicted molar refractivity (Wildman–Crippen MR) is 60.7 cm³/mol. The Morgan fingerprint density at radius 2 is 1.73 bits per heavy atom. The second kappa shape index (κ2) is 3.13. The minimum absolute atomic E-state index is 0.892. The fourth-order valence-electron chi connectivity index (χ4n) is 2.26. The van der Waals surface area contributed by atoms with Gasteiger partial charge in [-0.25, -0.2) is 0 Å². The van der Waals surface area contributed by atoms with Crippen LogP contribution < -0.4 is 4.74 Å². The summed E-state index contributed by atoms with van der Waals surface area (Å²) in [5.74, 6) is 0.892. The molecule has 0 bridgehead atoms. The Kier molecular flexibility index (Phi) is 1.78. The molecule has 2 aromatic rings. The molecule has 73 valence electrons. The van der Waals surface area contributed by atoms with E-state index in [9.17, 15) is 0 Å². The molecule has 15 heavy (non-hydrogen) atoms. The first kappa shape index (κ1) is 8.54. The molecule has 0 aromatic heterocycles. The van der Waals surface area contributed by atoms with E-state index in [1.165, 1.54) is 22.3 Å². The third-order valence-electron chi connectivity index (χ3n) is 2.96. The molecule has 3 rings (SSSR count). The average molecular weight is 195 g/mol. The Morgan fingerprint density at radius 1 is 0.933 bits per heavy atom. The third kappa shape index (κ3) is 1.16. The largest absolute Gasteiger partial charge is 0.490 e. The Labute approximate surface area is 89.3 Å². The van der Waals surface area contributed by atoms with E-state index in [4.69, 9.17) is 4.74 Å². The van der Waals surface area contributed by atoms with Crippen LogP contribution in [0, 0.1) is 7.11 Å². The van der Waals surface area contributed by atoms with E-state index in [2.05, 4.69) is 37.4 Å². The van der Waals surface area contributed by atoms with E-state index in [0.717, 1.165) is 12.2 Å². The van der Waals surface area contributed by atoms with Gasteiger partial charge in [0.1, 0.15) is 12.9 Å². The van der Waals surface area contributed by atoms with E-state index in [1.54, 1.807) is 0 Å². The lowest BCUT2D eigenvalue weighted by Gasteiger charge is -2.05. The van der Waals surface area contributed by atoms with Crippen molar-refractivity contribution in [3.63, 3.8) is 0 Å². The summed E-state index contributed by atoms with van der Waals surface area (Å²) in [5.41, 5.74) is 5.24. The first-order valence-corrected chi connectivity index (χ1v) is 5.02. The topological polar surface area (TPSA) is 9.23 Å². The van der Waals surface area contributed by atoms with E-state index in [1.807, 2.05) is 12.1 Å². The Bertz CT molecular complexity index is 514. The quantitative estimate of drug-likeness (QED) is 0.578. The van der Waals surface area contributed by atoms with E-state index < -0.39 is 0 Å². The van der Waals surface area contributed by atoms with Crippen molar-refractivity contribution in [3.05, 3.63) is 60.7 Å². The molecule has 0 amide bonds. The molecule has 1 nitrogen and oxygen atoms in total. The summed E-state index contributed by atoms with van der Waals surface area (Å²) in [7, 11) is 3.50. The van der Waals surface area contributed by atoms with Gasteiger partial charge in [0.05, 0.1) is 0 Å². The smallest absolute Gasteiger partial charge is 0.123 e. The maximum atomic E-state index is 5.14. The summed E-state index contributed by atoms with van der Waals surface area (Å²) in [6.07, 6.45) is 0.956. The number of fused-ring (bicyclic) bond motifs is 3. The summed E-state index contributed by atoms with van der Waals surface area (Å²) in [4.78, 5) is 0. The van der Waals surface area contributed by atoms with Gasteiger partial charge >= 0.3 is 0 Å². The summed E-state index contributed by atoms with van der Waals surface area (Å²) < 4.78 is 5.14. The molecule has 2 aromatic carbocycles. The summed E-state index contributed by atoms with van der Waals surface area (Å²) in [6.45, 7) is 0. The van der Waals surface area contributed by atoms with Gasteiger partial charge in [0.25, 0.3) is 0 Å². The molecule has 1 radical (unpaired) electrons. The average Bonchev–Trinajstić information content (AvgIpc) is 2.67. The molecule has 0 saturated heterocycles. The summed E-state index contributed by atoms with van der Waals surface area (Å²) >= 11 is 0. The highest BCUT2D eigenvalue weighted by Crippen LogP contribution is 2.40. The van der Waals surface area contributed by atoms with Gasteiger partial charge in [-0.2, -0.15) is 0 Å². The number of rotatable bonds is 1. The van der Waals surface area contributed by atoms with Gasteiger partial charge < -0.3 is 4.74 Å². The van der Waals surface area contributed by atoms with Crippen LogP contribution in [0.1, 0.15) is 11.1 Å². The van der Waals surface area contributed by atoms with Gasteiger partial charge in [0, 0.05) is 12.0 Å². The standard InChI is InChI=1S/C14H11O/c1-15-14-8-4-7-12-11-6-3-2-5-10(11)9-13(12)14/h2-8H,1,9H2. The number of ether oxygens (including phenoxy) is 1.